The first-order valence-electron chi connectivity index (χ1n) is 7.20. The smallest absolute Gasteiger partial charge is 0.161 e. The van der Waals surface area contributed by atoms with Gasteiger partial charge in [-0.2, -0.15) is 0 Å². The van der Waals surface area contributed by atoms with Gasteiger partial charge in [0.1, 0.15) is 13.2 Å². The van der Waals surface area contributed by atoms with E-state index in [1.165, 1.54) is 5.56 Å². The first-order chi connectivity index (χ1) is 9.46. The molecule has 0 aliphatic carbocycles. The molecule has 4 nitrogen and oxygen atoms in total. The molecule has 0 aromatic heterocycles. The van der Waals surface area contributed by atoms with Crippen LogP contribution in [0.5, 0.6) is 11.5 Å². The molecule has 2 rings (SSSR count). The summed E-state index contributed by atoms with van der Waals surface area (Å²) in [5.41, 5.74) is 1.49. The lowest BCUT2D eigenvalue weighted by molar-refractivity contribution is 0.171. The van der Waals surface area contributed by atoms with Crippen LogP contribution in [-0.4, -0.2) is 45.3 Å². The number of nitrogens with one attached hydrogen (secondary N) is 1. The van der Waals surface area contributed by atoms with Gasteiger partial charge < -0.3 is 19.7 Å². The molecule has 20 heavy (non-hydrogen) atoms. The standard InChI is InChI=1S/C16H26N2O2/c1-16(2,12-18(3)4)11-17-10-13-5-6-14-15(9-13)20-8-7-19-14/h5-6,9,17H,7-8,10-12H2,1-4H3. The van der Waals surface area contributed by atoms with Crippen molar-refractivity contribution in [1.29, 1.82) is 0 Å². The number of hydrogen-bond acceptors (Lipinski definition) is 4. The van der Waals surface area contributed by atoms with Gasteiger partial charge in [0.2, 0.25) is 0 Å². The molecular weight excluding hydrogens is 252 g/mol. The first-order valence-corrected chi connectivity index (χ1v) is 7.20. The average Bonchev–Trinajstić information content (AvgIpc) is 2.37. The van der Waals surface area contributed by atoms with Crippen molar-refractivity contribution in [2.75, 3.05) is 40.4 Å². The number of fused-ring (bicyclic) bond motifs is 1. The monoisotopic (exact) mass is 278 g/mol. The van der Waals surface area contributed by atoms with E-state index in [1.807, 2.05) is 6.07 Å². The molecule has 1 heterocycles. The minimum atomic E-state index is 0.261. The van der Waals surface area contributed by atoms with Crippen molar-refractivity contribution in [3.8, 4) is 11.5 Å². The number of hydrogen-bond donors (Lipinski definition) is 1. The molecule has 1 aliphatic rings. The highest BCUT2D eigenvalue weighted by atomic mass is 16.6. The van der Waals surface area contributed by atoms with Gasteiger partial charge in [-0.15, -0.1) is 0 Å². The third-order valence-electron chi connectivity index (χ3n) is 3.28. The maximum Gasteiger partial charge on any atom is 0.161 e. The van der Waals surface area contributed by atoms with E-state index in [0.717, 1.165) is 31.1 Å². The summed E-state index contributed by atoms with van der Waals surface area (Å²) >= 11 is 0. The van der Waals surface area contributed by atoms with Gasteiger partial charge in [0, 0.05) is 19.6 Å². The van der Waals surface area contributed by atoms with Gasteiger partial charge >= 0.3 is 0 Å². The lowest BCUT2D eigenvalue weighted by atomic mass is 9.93. The summed E-state index contributed by atoms with van der Waals surface area (Å²) in [6, 6.07) is 6.16. The van der Waals surface area contributed by atoms with E-state index >= 15 is 0 Å². The molecule has 1 aliphatic heterocycles. The third kappa shape index (κ3) is 4.39. The highest BCUT2D eigenvalue weighted by molar-refractivity contribution is 5.43. The van der Waals surface area contributed by atoms with Gasteiger partial charge in [-0.1, -0.05) is 19.9 Å². The summed E-state index contributed by atoms with van der Waals surface area (Å²) in [5.74, 6) is 1.72. The average molecular weight is 278 g/mol. The van der Waals surface area contributed by atoms with E-state index in [0.29, 0.717) is 13.2 Å². The summed E-state index contributed by atoms with van der Waals surface area (Å²) < 4.78 is 11.1. The quantitative estimate of drug-likeness (QED) is 0.864. The van der Waals surface area contributed by atoms with Gasteiger partial charge in [-0.05, 0) is 37.2 Å². The summed E-state index contributed by atoms with van der Waals surface area (Å²) in [6.07, 6.45) is 0. The van der Waals surface area contributed by atoms with E-state index in [9.17, 15) is 0 Å². The SMILES string of the molecule is CN(C)CC(C)(C)CNCc1ccc2c(c1)OCCO2. The summed E-state index contributed by atoms with van der Waals surface area (Å²) in [7, 11) is 4.23. The highest BCUT2D eigenvalue weighted by Gasteiger charge is 2.18. The molecule has 0 unspecified atom stereocenters. The first kappa shape index (κ1) is 15.1. The molecule has 1 aromatic carbocycles. The van der Waals surface area contributed by atoms with Crippen LogP contribution in [0.4, 0.5) is 0 Å². The Kier molecular flexibility index (Phi) is 4.89. The van der Waals surface area contributed by atoms with Crippen LogP contribution < -0.4 is 14.8 Å². The summed E-state index contributed by atoms with van der Waals surface area (Å²) in [6.45, 7) is 8.75. The van der Waals surface area contributed by atoms with E-state index in [2.05, 4.69) is 50.3 Å². The Bertz CT molecular complexity index is 444. The zero-order chi connectivity index (χ0) is 14.6. The van der Waals surface area contributed by atoms with Crippen molar-refractivity contribution >= 4 is 0 Å². The predicted molar refractivity (Wildman–Crippen MR) is 81.5 cm³/mol. The van der Waals surface area contributed by atoms with Gasteiger partial charge in [0.15, 0.2) is 11.5 Å². The summed E-state index contributed by atoms with van der Waals surface area (Å²) in [4.78, 5) is 2.23. The molecule has 1 N–H and O–H groups in total. The molecule has 0 spiro atoms. The number of rotatable bonds is 6. The molecular formula is C16H26N2O2. The second-order valence-electron chi connectivity index (χ2n) is 6.48. The van der Waals surface area contributed by atoms with E-state index in [1.54, 1.807) is 0 Å². The zero-order valence-electron chi connectivity index (χ0n) is 13.0. The fraction of sp³-hybridized carbons (Fsp3) is 0.625. The third-order valence-corrected chi connectivity index (χ3v) is 3.28. The van der Waals surface area contributed by atoms with Gasteiger partial charge in [0.25, 0.3) is 0 Å². The van der Waals surface area contributed by atoms with Gasteiger partial charge in [0.05, 0.1) is 0 Å². The van der Waals surface area contributed by atoms with Crippen LogP contribution in [0, 0.1) is 5.41 Å². The molecule has 112 valence electrons. The number of benzene rings is 1. The molecule has 0 fully saturated rings. The maximum atomic E-state index is 5.60. The van der Waals surface area contributed by atoms with E-state index < -0.39 is 0 Å². The maximum absolute atomic E-state index is 5.60. The molecule has 0 bridgehead atoms. The Labute approximate surface area is 122 Å². The Morgan fingerprint density at radius 2 is 1.85 bits per heavy atom. The van der Waals surface area contributed by atoms with Crippen molar-refractivity contribution in [3.05, 3.63) is 23.8 Å². The fourth-order valence-electron chi connectivity index (χ4n) is 2.65. The lowest BCUT2D eigenvalue weighted by Crippen LogP contribution is -2.37. The molecule has 0 amide bonds. The van der Waals surface area contributed by atoms with Crippen LogP contribution in [0.15, 0.2) is 18.2 Å². The van der Waals surface area contributed by atoms with Crippen LogP contribution in [0.2, 0.25) is 0 Å². The molecule has 0 saturated heterocycles. The Balaban J connectivity index is 1.85. The van der Waals surface area contributed by atoms with Gasteiger partial charge in [-0.3, -0.25) is 0 Å². The second kappa shape index (κ2) is 6.46. The second-order valence-corrected chi connectivity index (χ2v) is 6.48. The van der Waals surface area contributed by atoms with Crippen molar-refractivity contribution in [1.82, 2.24) is 10.2 Å². The Morgan fingerprint density at radius 1 is 1.15 bits per heavy atom. The van der Waals surface area contributed by atoms with Crippen LogP contribution in [0.3, 0.4) is 0 Å². The van der Waals surface area contributed by atoms with Crippen molar-refractivity contribution < 1.29 is 9.47 Å². The van der Waals surface area contributed by atoms with E-state index in [-0.39, 0.29) is 5.41 Å². The predicted octanol–water partition coefficient (Wildman–Crippen LogP) is 2.14. The minimum absolute atomic E-state index is 0.261. The van der Waals surface area contributed by atoms with Crippen LogP contribution in [0.1, 0.15) is 19.4 Å². The lowest BCUT2D eigenvalue weighted by Gasteiger charge is -2.28. The van der Waals surface area contributed by atoms with Crippen molar-refractivity contribution in [2.24, 2.45) is 5.41 Å². The normalized spacial score (nSPS) is 14.7. The van der Waals surface area contributed by atoms with Crippen molar-refractivity contribution in [3.63, 3.8) is 0 Å². The molecule has 0 radical (unpaired) electrons. The molecule has 4 heteroatoms. The molecule has 1 aromatic rings. The fourth-order valence-corrected chi connectivity index (χ4v) is 2.65. The topological polar surface area (TPSA) is 33.7 Å². The van der Waals surface area contributed by atoms with Gasteiger partial charge in [-0.25, -0.2) is 0 Å². The molecule has 0 saturated carbocycles. The van der Waals surface area contributed by atoms with Crippen LogP contribution >= 0.6 is 0 Å². The van der Waals surface area contributed by atoms with E-state index in [4.69, 9.17) is 9.47 Å². The number of nitrogens with zero attached hydrogens (tertiary/aromatic N) is 1. The summed E-state index contributed by atoms with van der Waals surface area (Å²) in [5, 5.41) is 3.53. The zero-order valence-corrected chi connectivity index (χ0v) is 13.0. The highest BCUT2D eigenvalue weighted by Crippen LogP contribution is 2.30. The Hall–Kier alpha value is -1.26. The number of ether oxygens (including phenoxy) is 2. The van der Waals surface area contributed by atoms with Crippen LogP contribution in [-0.2, 0) is 6.54 Å². The van der Waals surface area contributed by atoms with Crippen LogP contribution in [0.25, 0.3) is 0 Å². The molecule has 0 atom stereocenters. The Morgan fingerprint density at radius 3 is 2.55 bits per heavy atom. The largest absolute Gasteiger partial charge is 0.486 e. The van der Waals surface area contributed by atoms with Crippen molar-refractivity contribution in [2.45, 2.75) is 20.4 Å². The minimum Gasteiger partial charge on any atom is -0.486 e.